The van der Waals surface area contributed by atoms with Crippen molar-refractivity contribution in [2.75, 3.05) is 13.2 Å². The van der Waals surface area contributed by atoms with Crippen LogP contribution in [0.4, 0.5) is 0 Å². The predicted molar refractivity (Wildman–Crippen MR) is 106 cm³/mol. The third-order valence-corrected chi connectivity index (χ3v) is 5.49. The zero-order valence-corrected chi connectivity index (χ0v) is 16.0. The van der Waals surface area contributed by atoms with Gasteiger partial charge < -0.3 is 9.47 Å². The summed E-state index contributed by atoms with van der Waals surface area (Å²) in [6.45, 7) is 8.28. The number of hydrogen-bond acceptors (Lipinski definition) is 4. The van der Waals surface area contributed by atoms with E-state index < -0.39 is 17.4 Å². The van der Waals surface area contributed by atoms with Crippen molar-refractivity contribution in [3.8, 4) is 0 Å². The number of hydrogen-bond donors (Lipinski definition) is 0. The molecule has 27 heavy (non-hydrogen) atoms. The summed E-state index contributed by atoms with van der Waals surface area (Å²) in [5, 5.41) is 2.17. The van der Waals surface area contributed by atoms with E-state index in [1.165, 1.54) is 0 Å². The average Bonchev–Trinajstić information content (AvgIpc) is 3.13. The maximum Gasteiger partial charge on any atom is 0.324 e. The molecule has 2 aromatic carbocycles. The lowest BCUT2D eigenvalue weighted by atomic mass is 9.72. The van der Waals surface area contributed by atoms with Gasteiger partial charge in [-0.2, -0.15) is 0 Å². The molecule has 4 heteroatoms. The SMILES string of the molecule is C=C(c1cccc2ccccc12)C1CCCC1(C(=O)OCC)C(=O)OCC. The predicted octanol–water partition coefficient (Wildman–Crippen LogP) is 4.77. The molecular weight excluding hydrogens is 340 g/mol. The smallest absolute Gasteiger partial charge is 0.324 e. The van der Waals surface area contributed by atoms with Crippen molar-refractivity contribution in [1.82, 2.24) is 0 Å². The molecule has 0 bridgehead atoms. The van der Waals surface area contributed by atoms with E-state index in [2.05, 4.69) is 6.58 Å². The largest absolute Gasteiger partial charge is 0.465 e. The van der Waals surface area contributed by atoms with E-state index in [4.69, 9.17) is 9.47 Å². The molecule has 142 valence electrons. The van der Waals surface area contributed by atoms with Gasteiger partial charge in [0.2, 0.25) is 0 Å². The van der Waals surface area contributed by atoms with Crippen molar-refractivity contribution < 1.29 is 19.1 Å². The van der Waals surface area contributed by atoms with Gasteiger partial charge in [-0.05, 0) is 48.6 Å². The molecule has 1 atom stereocenters. The first-order valence-electron chi connectivity index (χ1n) is 9.57. The maximum absolute atomic E-state index is 12.9. The molecule has 0 saturated heterocycles. The summed E-state index contributed by atoms with van der Waals surface area (Å²) in [7, 11) is 0. The highest BCUT2D eigenvalue weighted by atomic mass is 16.6. The lowest BCUT2D eigenvalue weighted by molar-refractivity contribution is -0.173. The molecule has 1 saturated carbocycles. The van der Waals surface area contributed by atoms with Crippen molar-refractivity contribution in [2.45, 2.75) is 33.1 Å². The van der Waals surface area contributed by atoms with Crippen LogP contribution in [0.3, 0.4) is 0 Å². The molecule has 0 heterocycles. The van der Waals surface area contributed by atoms with E-state index in [1.807, 2.05) is 42.5 Å². The summed E-state index contributed by atoms with van der Waals surface area (Å²) in [6.07, 6.45) is 1.89. The first-order valence-corrected chi connectivity index (χ1v) is 9.57. The second-order valence-electron chi connectivity index (χ2n) is 6.91. The quantitative estimate of drug-likeness (QED) is 0.546. The summed E-state index contributed by atoms with van der Waals surface area (Å²) in [4.78, 5) is 25.9. The van der Waals surface area contributed by atoms with Crippen LogP contribution in [-0.4, -0.2) is 25.2 Å². The number of carbonyl (C=O) groups is 2. The van der Waals surface area contributed by atoms with Gasteiger partial charge in [0.15, 0.2) is 5.41 Å². The summed E-state index contributed by atoms with van der Waals surface area (Å²) in [6, 6.07) is 14.1. The molecule has 1 aliphatic carbocycles. The van der Waals surface area contributed by atoms with Crippen LogP contribution in [0.2, 0.25) is 0 Å². The second-order valence-corrected chi connectivity index (χ2v) is 6.91. The van der Waals surface area contributed by atoms with Gasteiger partial charge in [0.25, 0.3) is 0 Å². The molecule has 0 amide bonds. The van der Waals surface area contributed by atoms with Crippen LogP contribution >= 0.6 is 0 Å². The highest BCUT2D eigenvalue weighted by Gasteiger charge is 2.58. The number of ether oxygens (including phenoxy) is 2. The average molecular weight is 366 g/mol. The van der Waals surface area contributed by atoms with Crippen molar-refractivity contribution in [2.24, 2.45) is 11.3 Å². The number of allylic oxidation sites excluding steroid dienone is 1. The summed E-state index contributed by atoms with van der Waals surface area (Å²) in [5.41, 5.74) is 0.462. The zero-order valence-electron chi connectivity index (χ0n) is 16.0. The monoisotopic (exact) mass is 366 g/mol. The summed E-state index contributed by atoms with van der Waals surface area (Å²) >= 11 is 0. The van der Waals surface area contributed by atoms with Gasteiger partial charge in [0.05, 0.1) is 13.2 Å². The fourth-order valence-corrected chi connectivity index (χ4v) is 4.26. The molecule has 0 aliphatic heterocycles. The van der Waals surface area contributed by atoms with Crippen LogP contribution in [-0.2, 0) is 19.1 Å². The van der Waals surface area contributed by atoms with Crippen LogP contribution in [0, 0.1) is 11.3 Å². The number of carbonyl (C=O) groups excluding carboxylic acids is 2. The number of fused-ring (bicyclic) bond motifs is 1. The van der Waals surface area contributed by atoms with Crippen molar-refractivity contribution >= 4 is 28.3 Å². The fraction of sp³-hybridized carbons (Fsp3) is 0.391. The molecule has 1 aliphatic rings. The number of rotatable bonds is 6. The minimum Gasteiger partial charge on any atom is -0.465 e. The first-order chi connectivity index (χ1) is 13.1. The molecule has 2 aromatic rings. The van der Waals surface area contributed by atoms with E-state index >= 15 is 0 Å². The Morgan fingerprint density at radius 2 is 1.67 bits per heavy atom. The standard InChI is InChI=1S/C23H26O4/c1-4-26-21(24)23(22(25)27-5-2)15-9-14-20(23)16(3)18-13-8-11-17-10-6-7-12-19(17)18/h6-8,10-13,20H,3-5,9,14-15H2,1-2H3. The maximum atomic E-state index is 12.9. The van der Waals surface area contributed by atoms with Crippen LogP contribution in [0.15, 0.2) is 49.0 Å². The molecule has 0 radical (unpaired) electrons. The highest BCUT2D eigenvalue weighted by Crippen LogP contribution is 2.51. The minimum atomic E-state index is -1.31. The van der Waals surface area contributed by atoms with Crippen LogP contribution < -0.4 is 0 Å². The minimum absolute atomic E-state index is 0.230. The summed E-state index contributed by atoms with van der Waals surface area (Å²) in [5.74, 6) is -1.32. The number of benzene rings is 2. The Balaban J connectivity index is 2.08. The molecule has 0 N–H and O–H groups in total. The molecule has 1 fully saturated rings. The Hall–Kier alpha value is -2.62. The topological polar surface area (TPSA) is 52.6 Å². The van der Waals surface area contributed by atoms with Gasteiger partial charge in [0.1, 0.15) is 0 Å². The third kappa shape index (κ3) is 3.25. The van der Waals surface area contributed by atoms with E-state index in [-0.39, 0.29) is 19.1 Å². The van der Waals surface area contributed by atoms with Gasteiger partial charge >= 0.3 is 11.9 Å². The van der Waals surface area contributed by atoms with E-state index in [0.29, 0.717) is 12.8 Å². The molecule has 0 spiro atoms. The summed E-state index contributed by atoms with van der Waals surface area (Å²) < 4.78 is 10.6. The van der Waals surface area contributed by atoms with E-state index in [9.17, 15) is 9.59 Å². The van der Waals surface area contributed by atoms with Gasteiger partial charge in [-0.15, -0.1) is 0 Å². The third-order valence-electron chi connectivity index (χ3n) is 5.49. The lowest BCUT2D eigenvalue weighted by Gasteiger charge is -2.32. The van der Waals surface area contributed by atoms with Gasteiger partial charge in [-0.1, -0.05) is 55.5 Å². The zero-order chi connectivity index (χ0) is 19.4. The highest BCUT2D eigenvalue weighted by molar-refractivity contribution is 6.04. The molecular formula is C23H26O4. The normalized spacial score (nSPS) is 18.2. The van der Waals surface area contributed by atoms with Crippen LogP contribution in [0.5, 0.6) is 0 Å². The Morgan fingerprint density at radius 1 is 1.04 bits per heavy atom. The lowest BCUT2D eigenvalue weighted by Crippen LogP contribution is -2.45. The van der Waals surface area contributed by atoms with Crippen molar-refractivity contribution in [1.29, 1.82) is 0 Å². The molecule has 3 rings (SSSR count). The van der Waals surface area contributed by atoms with Crippen molar-refractivity contribution in [3.05, 3.63) is 54.6 Å². The van der Waals surface area contributed by atoms with E-state index in [1.54, 1.807) is 13.8 Å². The molecule has 4 nitrogen and oxygen atoms in total. The Bertz CT molecular complexity index is 844. The molecule has 1 unspecified atom stereocenters. The van der Waals surface area contributed by atoms with Gasteiger partial charge in [-0.25, -0.2) is 0 Å². The first kappa shape index (κ1) is 19.2. The Morgan fingerprint density at radius 3 is 2.33 bits per heavy atom. The second kappa shape index (κ2) is 7.95. The van der Waals surface area contributed by atoms with Gasteiger partial charge in [0, 0.05) is 5.92 Å². The Kier molecular flexibility index (Phi) is 5.64. The van der Waals surface area contributed by atoms with Crippen molar-refractivity contribution in [3.63, 3.8) is 0 Å². The fourth-order valence-electron chi connectivity index (χ4n) is 4.26. The van der Waals surface area contributed by atoms with E-state index in [0.717, 1.165) is 28.3 Å². The van der Waals surface area contributed by atoms with Gasteiger partial charge in [-0.3, -0.25) is 9.59 Å². The number of esters is 2. The molecule has 0 aromatic heterocycles. The van der Waals surface area contributed by atoms with Crippen LogP contribution in [0.1, 0.15) is 38.7 Å². The van der Waals surface area contributed by atoms with Crippen LogP contribution in [0.25, 0.3) is 16.3 Å². The Labute approximate surface area is 160 Å².